The zero-order valence-corrected chi connectivity index (χ0v) is 21.2. The summed E-state index contributed by atoms with van der Waals surface area (Å²) < 4.78 is 5.80. The summed E-state index contributed by atoms with van der Waals surface area (Å²) in [4.78, 5) is 38.0. The highest BCUT2D eigenvalue weighted by Gasteiger charge is 2.29. The molecule has 0 aliphatic heterocycles. The van der Waals surface area contributed by atoms with Crippen LogP contribution in [-0.4, -0.2) is 47.6 Å². The Morgan fingerprint density at radius 2 is 1.66 bits per heavy atom. The van der Waals surface area contributed by atoms with Gasteiger partial charge in [-0.1, -0.05) is 69.6 Å². The van der Waals surface area contributed by atoms with E-state index in [0.29, 0.717) is 5.02 Å². The number of nitrogens with two attached hydrogens (primary N) is 1. The van der Waals surface area contributed by atoms with Crippen LogP contribution in [0, 0.1) is 11.8 Å². The number of carbonyl (C=O) groups excluding carboxylic acids is 2. The van der Waals surface area contributed by atoms with Crippen molar-refractivity contribution in [3.05, 3.63) is 64.7 Å². The first kappa shape index (κ1) is 28.1. The summed E-state index contributed by atoms with van der Waals surface area (Å²) in [5.41, 5.74) is 7.07. The number of hydrogen-bond acceptors (Lipinski definition) is 5. The minimum Gasteiger partial charge on any atom is -0.491 e. The van der Waals surface area contributed by atoms with E-state index in [1.54, 1.807) is 19.9 Å². The van der Waals surface area contributed by atoms with E-state index in [-0.39, 0.29) is 42.2 Å². The molecule has 35 heavy (non-hydrogen) atoms. The van der Waals surface area contributed by atoms with Crippen molar-refractivity contribution in [2.75, 3.05) is 6.61 Å². The summed E-state index contributed by atoms with van der Waals surface area (Å²) in [6.07, 6.45) is 0.171. The number of amides is 2. The molecule has 0 spiro atoms. The van der Waals surface area contributed by atoms with Crippen molar-refractivity contribution in [2.24, 2.45) is 17.6 Å². The van der Waals surface area contributed by atoms with Crippen LogP contribution in [0.25, 0.3) is 0 Å². The average Bonchev–Trinajstić information content (AvgIpc) is 2.80. The number of ether oxygens (including phenoxy) is 1. The molecule has 2 amide bonds. The van der Waals surface area contributed by atoms with E-state index in [0.717, 1.165) is 5.56 Å². The molecule has 0 heterocycles. The number of carboxylic acid groups (broad SMARTS) is 1. The molecule has 0 saturated heterocycles. The highest BCUT2D eigenvalue weighted by atomic mass is 35.5. The quantitative estimate of drug-likeness (QED) is 0.351. The highest BCUT2D eigenvalue weighted by molar-refractivity contribution is 6.30. The van der Waals surface area contributed by atoms with Crippen LogP contribution >= 0.6 is 11.6 Å². The number of nitrogens with one attached hydrogen (secondary N) is 2. The van der Waals surface area contributed by atoms with Gasteiger partial charge in [0.2, 0.25) is 5.91 Å². The van der Waals surface area contributed by atoms with E-state index in [1.165, 1.54) is 12.1 Å². The molecule has 0 radical (unpaired) electrons. The van der Waals surface area contributed by atoms with Crippen LogP contribution in [0.4, 0.5) is 0 Å². The molecular formula is C26H34ClN3O5. The maximum Gasteiger partial charge on any atom is 0.326 e. The molecule has 0 aliphatic rings. The Morgan fingerprint density at radius 3 is 2.23 bits per heavy atom. The number of benzene rings is 2. The Balaban J connectivity index is 2.29. The summed E-state index contributed by atoms with van der Waals surface area (Å²) in [7, 11) is 0. The molecular weight excluding hydrogens is 470 g/mol. The second-order valence-corrected chi connectivity index (χ2v) is 9.58. The predicted molar refractivity (Wildman–Crippen MR) is 136 cm³/mol. The van der Waals surface area contributed by atoms with Gasteiger partial charge in [0.15, 0.2) is 0 Å². The standard InChI is InChI=1S/C26H34ClN3O5/c1-15(2)20(28)14-35-22-13-18(27)10-11-19(22)24(31)29-21(12-17-8-6-5-7-9-17)25(32)30-23(16(3)4)26(33)34/h5-11,13,15-16,20-21,23H,12,14,28H2,1-4H3,(H,29,31)(H,30,32)(H,33,34)/t20-,21-,23-/m0/s1. The van der Waals surface area contributed by atoms with Crippen LogP contribution < -0.4 is 21.1 Å². The summed E-state index contributed by atoms with van der Waals surface area (Å²) in [5, 5.41) is 15.2. The molecule has 8 nitrogen and oxygen atoms in total. The molecule has 9 heteroatoms. The molecule has 2 rings (SSSR count). The molecule has 0 saturated carbocycles. The van der Waals surface area contributed by atoms with Crippen LogP contribution in [0.1, 0.15) is 43.6 Å². The van der Waals surface area contributed by atoms with Gasteiger partial charge in [0.05, 0.1) is 5.56 Å². The van der Waals surface area contributed by atoms with Crippen molar-refractivity contribution in [2.45, 2.75) is 52.2 Å². The van der Waals surface area contributed by atoms with Gasteiger partial charge in [0, 0.05) is 17.5 Å². The zero-order valence-electron chi connectivity index (χ0n) is 20.5. The van der Waals surface area contributed by atoms with E-state index in [4.69, 9.17) is 22.1 Å². The number of aliphatic carboxylic acids is 1. The lowest BCUT2D eigenvalue weighted by Crippen LogP contribution is -2.53. The third-order valence-corrected chi connectivity index (χ3v) is 5.85. The Labute approximate surface area is 211 Å². The fourth-order valence-corrected chi connectivity index (χ4v) is 3.41. The maximum absolute atomic E-state index is 13.3. The maximum atomic E-state index is 13.3. The Bertz CT molecular complexity index is 1010. The lowest BCUT2D eigenvalue weighted by molar-refractivity contribution is -0.143. The van der Waals surface area contributed by atoms with Gasteiger partial charge in [-0.05, 0) is 35.6 Å². The van der Waals surface area contributed by atoms with Crippen LogP contribution in [0.2, 0.25) is 5.02 Å². The number of carboxylic acids is 1. The van der Waals surface area contributed by atoms with Gasteiger partial charge in [-0.15, -0.1) is 0 Å². The zero-order chi connectivity index (χ0) is 26.1. The molecule has 0 bridgehead atoms. The summed E-state index contributed by atoms with van der Waals surface area (Å²) in [6.45, 7) is 7.51. The van der Waals surface area contributed by atoms with E-state index in [9.17, 15) is 19.5 Å². The van der Waals surface area contributed by atoms with Crippen LogP contribution in [0.5, 0.6) is 5.75 Å². The van der Waals surface area contributed by atoms with Gasteiger partial charge in [-0.25, -0.2) is 4.79 Å². The molecule has 3 atom stereocenters. The van der Waals surface area contributed by atoms with Crippen LogP contribution in [-0.2, 0) is 16.0 Å². The second-order valence-electron chi connectivity index (χ2n) is 9.14. The van der Waals surface area contributed by atoms with Crippen molar-refractivity contribution in [1.82, 2.24) is 10.6 Å². The number of carbonyl (C=O) groups is 3. The number of rotatable bonds is 12. The van der Waals surface area contributed by atoms with Crippen LogP contribution in [0.15, 0.2) is 48.5 Å². The number of hydrogen-bond donors (Lipinski definition) is 4. The van der Waals surface area contributed by atoms with E-state index >= 15 is 0 Å². The monoisotopic (exact) mass is 503 g/mol. The minimum atomic E-state index is -1.15. The Hall–Kier alpha value is -3.10. The van der Waals surface area contributed by atoms with Gasteiger partial charge in [-0.3, -0.25) is 9.59 Å². The molecule has 0 fully saturated rings. The third-order valence-electron chi connectivity index (χ3n) is 5.61. The third kappa shape index (κ3) is 8.56. The SMILES string of the molecule is CC(C)[C@H](NC(=O)[C@H](Cc1ccccc1)NC(=O)c1ccc(Cl)cc1OC[C@H](N)C(C)C)C(=O)O. The van der Waals surface area contributed by atoms with E-state index in [1.807, 2.05) is 44.2 Å². The molecule has 2 aromatic rings. The first-order valence-corrected chi connectivity index (χ1v) is 11.9. The van der Waals surface area contributed by atoms with Gasteiger partial charge < -0.3 is 26.2 Å². The van der Waals surface area contributed by atoms with Gasteiger partial charge in [0.1, 0.15) is 24.4 Å². The molecule has 0 aromatic heterocycles. The first-order valence-electron chi connectivity index (χ1n) is 11.6. The first-order chi connectivity index (χ1) is 16.5. The van der Waals surface area contributed by atoms with Crippen molar-refractivity contribution in [3.8, 4) is 5.75 Å². The lowest BCUT2D eigenvalue weighted by atomic mass is 10.0. The normalized spacial score (nSPS) is 13.7. The van der Waals surface area contributed by atoms with Crippen molar-refractivity contribution in [1.29, 1.82) is 0 Å². The summed E-state index contributed by atoms with van der Waals surface area (Å²) >= 11 is 6.12. The summed E-state index contributed by atoms with van der Waals surface area (Å²) in [6, 6.07) is 11.4. The minimum absolute atomic E-state index is 0.171. The Morgan fingerprint density at radius 1 is 1.00 bits per heavy atom. The molecule has 0 aliphatic carbocycles. The largest absolute Gasteiger partial charge is 0.491 e. The second kappa shape index (κ2) is 13.1. The average molecular weight is 504 g/mol. The molecule has 190 valence electrons. The fourth-order valence-electron chi connectivity index (χ4n) is 3.24. The lowest BCUT2D eigenvalue weighted by Gasteiger charge is -2.24. The summed E-state index contributed by atoms with van der Waals surface area (Å²) in [5.74, 6) is -2.22. The highest BCUT2D eigenvalue weighted by Crippen LogP contribution is 2.24. The number of halogens is 1. The van der Waals surface area contributed by atoms with Crippen LogP contribution in [0.3, 0.4) is 0 Å². The molecule has 0 unspecified atom stereocenters. The Kier molecular flexibility index (Phi) is 10.5. The van der Waals surface area contributed by atoms with Crippen molar-refractivity contribution < 1.29 is 24.2 Å². The van der Waals surface area contributed by atoms with Gasteiger partial charge in [-0.2, -0.15) is 0 Å². The van der Waals surface area contributed by atoms with E-state index in [2.05, 4.69) is 10.6 Å². The van der Waals surface area contributed by atoms with Gasteiger partial charge >= 0.3 is 5.97 Å². The fraction of sp³-hybridized carbons (Fsp3) is 0.423. The van der Waals surface area contributed by atoms with E-state index < -0.39 is 29.9 Å². The van der Waals surface area contributed by atoms with Gasteiger partial charge in [0.25, 0.3) is 5.91 Å². The molecule has 5 N–H and O–H groups in total. The molecule has 2 aromatic carbocycles. The predicted octanol–water partition coefficient (Wildman–Crippen LogP) is 3.27. The topological polar surface area (TPSA) is 131 Å². The van der Waals surface area contributed by atoms with Crippen molar-refractivity contribution >= 4 is 29.4 Å². The smallest absolute Gasteiger partial charge is 0.326 e. The van der Waals surface area contributed by atoms with Crippen molar-refractivity contribution in [3.63, 3.8) is 0 Å².